The maximum Gasteiger partial charge on any atom is 0.364 e. The van der Waals surface area contributed by atoms with E-state index >= 15 is 0 Å². The number of rotatable bonds is 12. The summed E-state index contributed by atoms with van der Waals surface area (Å²) in [6.45, 7) is -0.705. The molecule has 21 heteroatoms. The minimum absolute atomic E-state index is 0.723. The molecule has 2 amide bonds. The van der Waals surface area contributed by atoms with Crippen LogP contribution < -0.4 is 10.6 Å². The molecule has 3 aliphatic rings. The summed E-state index contributed by atoms with van der Waals surface area (Å²) in [5.74, 6) is -6.18. The van der Waals surface area contributed by atoms with E-state index in [9.17, 15) is 70.6 Å². The third kappa shape index (κ3) is 8.26. The van der Waals surface area contributed by atoms with Gasteiger partial charge in [-0.15, -0.1) is 0 Å². The molecule has 0 spiro atoms. The Morgan fingerprint density at radius 1 is 0.870 bits per heavy atom. The van der Waals surface area contributed by atoms with Crippen LogP contribution in [0.25, 0.3) is 0 Å². The van der Waals surface area contributed by atoms with Crippen LogP contribution in [0.1, 0.15) is 20.3 Å². The number of carbonyl (C=O) groups excluding carboxylic acids is 2. The number of carboxylic acids is 1. The summed E-state index contributed by atoms with van der Waals surface area (Å²) in [6, 6.07) is -3.06. The summed E-state index contributed by atoms with van der Waals surface area (Å²) in [4.78, 5) is 36.0. The third-order valence-corrected chi connectivity index (χ3v) is 7.87. The summed E-state index contributed by atoms with van der Waals surface area (Å²) in [5.41, 5.74) is 0. The van der Waals surface area contributed by atoms with E-state index in [1.165, 1.54) is 0 Å². The van der Waals surface area contributed by atoms with Gasteiger partial charge in [0.1, 0.15) is 67.1 Å². The van der Waals surface area contributed by atoms with Gasteiger partial charge in [0.2, 0.25) is 11.8 Å². The van der Waals surface area contributed by atoms with Gasteiger partial charge in [-0.2, -0.15) is 0 Å². The van der Waals surface area contributed by atoms with Gasteiger partial charge in [-0.05, 0) is 0 Å². The zero-order chi connectivity index (χ0) is 34.7. The molecule has 266 valence electrons. The van der Waals surface area contributed by atoms with E-state index in [-0.39, 0.29) is 0 Å². The maximum absolute atomic E-state index is 12.5. The number of aliphatic hydroxyl groups excluding tert-OH is 10. The molecule has 3 rings (SSSR count). The van der Waals surface area contributed by atoms with Crippen molar-refractivity contribution >= 4 is 17.8 Å². The molecule has 0 bridgehead atoms. The van der Waals surface area contributed by atoms with E-state index in [0.29, 0.717) is 0 Å². The highest BCUT2D eigenvalue weighted by Crippen LogP contribution is 2.35. The van der Waals surface area contributed by atoms with Gasteiger partial charge >= 0.3 is 5.97 Å². The largest absolute Gasteiger partial charge is 0.477 e. The first kappa shape index (κ1) is 38.3. The first-order valence-corrected chi connectivity index (χ1v) is 14.2. The second kappa shape index (κ2) is 15.8. The number of carbonyl (C=O) groups is 3. The zero-order valence-corrected chi connectivity index (χ0v) is 24.7. The van der Waals surface area contributed by atoms with Gasteiger partial charge in [-0.3, -0.25) is 9.59 Å². The lowest BCUT2D eigenvalue weighted by molar-refractivity contribution is -0.351. The van der Waals surface area contributed by atoms with Gasteiger partial charge in [0.25, 0.3) is 5.79 Å². The molecule has 0 aromatic carbocycles. The highest BCUT2D eigenvalue weighted by atomic mass is 16.7. The average molecular weight is 675 g/mol. The molecule has 13 N–H and O–H groups in total. The number of hydrogen-bond acceptors (Lipinski definition) is 18. The molecule has 3 heterocycles. The van der Waals surface area contributed by atoms with Crippen molar-refractivity contribution < 1.29 is 94.2 Å². The molecular formula is C25H42N2O19. The van der Waals surface area contributed by atoms with Crippen LogP contribution in [0.5, 0.6) is 0 Å². The molecule has 21 nitrogen and oxygen atoms in total. The van der Waals surface area contributed by atoms with E-state index in [4.69, 9.17) is 23.7 Å². The normalized spacial score (nSPS) is 42.9. The minimum atomic E-state index is -2.84. The lowest BCUT2D eigenvalue weighted by atomic mass is 9.88. The number of ether oxygens (including phenoxy) is 5. The fourth-order valence-electron chi connectivity index (χ4n) is 5.45. The standard InChI is InChI=1S/C25H42N2O19/c1-7(30)26-13-9(32)3-25(24(40)41,46-21(13)15(34)10(33)4-28)42-6-12-17(36)20(14(22(39)43-12)27-8(2)31)45-23-19(38)18(37)16(35)11(5-29)44-23/h9-23,28-29,32-39H,3-6H2,1-2H3,(H,26,30)(H,27,31)(H,40,41)/t9-,10-,11+,12+,13-,14+,15-,16+,17-,18+,19+,20-,21-,22-,23+,25-/m0/s1. The molecule has 0 unspecified atom stereocenters. The van der Waals surface area contributed by atoms with Gasteiger partial charge in [0, 0.05) is 20.3 Å². The average Bonchev–Trinajstić information content (AvgIpc) is 2.99. The Morgan fingerprint density at radius 3 is 2.02 bits per heavy atom. The first-order chi connectivity index (χ1) is 21.5. The second-order valence-corrected chi connectivity index (χ2v) is 11.3. The Balaban J connectivity index is 1.87. The summed E-state index contributed by atoms with van der Waals surface area (Å²) in [6.07, 6.45) is -24.8. The van der Waals surface area contributed by atoms with Gasteiger partial charge < -0.3 is 90.5 Å². The smallest absolute Gasteiger partial charge is 0.364 e. The van der Waals surface area contributed by atoms with Crippen LogP contribution in [0.15, 0.2) is 0 Å². The van der Waals surface area contributed by atoms with Crippen LogP contribution in [-0.4, -0.2) is 191 Å². The van der Waals surface area contributed by atoms with Crippen molar-refractivity contribution in [1.29, 1.82) is 0 Å². The van der Waals surface area contributed by atoms with Crippen molar-refractivity contribution in [2.24, 2.45) is 0 Å². The molecule has 0 saturated carbocycles. The number of amides is 2. The van der Waals surface area contributed by atoms with Crippen molar-refractivity contribution in [1.82, 2.24) is 10.6 Å². The molecule has 0 aromatic rings. The molecule has 3 fully saturated rings. The Kier molecular flexibility index (Phi) is 13.1. The number of hydrogen-bond donors (Lipinski definition) is 13. The van der Waals surface area contributed by atoms with Crippen LogP contribution >= 0.6 is 0 Å². The molecule has 16 atom stereocenters. The van der Waals surface area contributed by atoms with Crippen molar-refractivity contribution in [2.75, 3.05) is 19.8 Å². The summed E-state index contributed by atoms with van der Waals surface area (Å²) in [7, 11) is 0. The molecule has 0 aliphatic carbocycles. The van der Waals surface area contributed by atoms with Gasteiger partial charge in [0.05, 0.1) is 32.0 Å². The molecule has 0 aromatic heterocycles. The Morgan fingerprint density at radius 2 is 1.48 bits per heavy atom. The fourth-order valence-corrected chi connectivity index (χ4v) is 5.45. The molecule has 3 saturated heterocycles. The first-order valence-electron chi connectivity index (χ1n) is 14.2. The van der Waals surface area contributed by atoms with Gasteiger partial charge in [-0.1, -0.05) is 0 Å². The maximum atomic E-state index is 12.5. The van der Waals surface area contributed by atoms with Gasteiger partial charge in [-0.25, -0.2) is 4.79 Å². The molecule has 46 heavy (non-hydrogen) atoms. The van der Waals surface area contributed by atoms with E-state index in [1.807, 2.05) is 0 Å². The van der Waals surface area contributed by atoms with Crippen LogP contribution in [0.3, 0.4) is 0 Å². The highest BCUT2D eigenvalue weighted by Gasteiger charge is 2.57. The monoisotopic (exact) mass is 674 g/mol. The second-order valence-electron chi connectivity index (χ2n) is 11.3. The quantitative estimate of drug-likeness (QED) is 0.0913. The lowest BCUT2D eigenvalue weighted by Gasteiger charge is -2.48. The number of aliphatic hydroxyl groups is 10. The lowest BCUT2D eigenvalue weighted by Crippen LogP contribution is -2.69. The SMILES string of the molecule is CC(=O)N[C@@H]1[C@@H]([C@@H](O)[C@@H](O)CO)O[C@](OC[C@H]2O[C@H](O)[C@H](NC(C)=O)[C@H](O[C@H]3O[C@H](CO)[C@@H](O)[C@@H](O)[C@H]3O)[C@H]2O)(C(=O)O)C[C@@H]1O. The van der Waals surface area contributed by atoms with E-state index in [2.05, 4.69) is 10.6 Å². The van der Waals surface area contributed by atoms with E-state index in [0.717, 1.165) is 13.8 Å². The zero-order valence-electron chi connectivity index (χ0n) is 24.7. The number of nitrogens with one attached hydrogen (secondary N) is 2. The van der Waals surface area contributed by atoms with E-state index < -0.39 is 142 Å². The molecule has 0 radical (unpaired) electrons. The predicted octanol–water partition coefficient (Wildman–Crippen LogP) is -8.08. The van der Waals surface area contributed by atoms with Crippen molar-refractivity contribution in [3.05, 3.63) is 0 Å². The summed E-state index contributed by atoms with van der Waals surface area (Å²) < 4.78 is 27.2. The highest BCUT2D eigenvalue weighted by molar-refractivity contribution is 5.76. The van der Waals surface area contributed by atoms with Crippen LogP contribution in [-0.2, 0) is 38.1 Å². The van der Waals surface area contributed by atoms with Crippen molar-refractivity contribution in [2.45, 2.75) is 118 Å². The topological polar surface area (TPSA) is 344 Å². The Hall–Kier alpha value is -2.19. The summed E-state index contributed by atoms with van der Waals surface area (Å²) in [5, 5.41) is 117. The fraction of sp³-hybridized carbons (Fsp3) is 0.880. The van der Waals surface area contributed by atoms with Gasteiger partial charge in [0.15, 0.2) is 12.6 Å². The van der Waals surface area contributed by atoms with Crippen LogP contribution in [0.4, 0.5) is 0 Å². The minimum Gasteiger partial charge on any atom is -0.477 e. The molecule has 3 aliphatic heterocycles. The van der Waals surface area contributed by atoms with Crippen molar-refractivity contribution in [3.63, 3.8) is 0 Å². The number of carboxylic acid groups (broad SMARTS) is 1. The van der Waals surface area contributed by atoms with Crippen molar-refractivity contribution in [3.8, 4) is 0 Å². The Bertz CT molecular complexity index is 1050. The Labute approximate surface area is 260 Å². The third-order valence-electron chi connectivity index (χ3n) is 7.87. The number of aliphatic carboxylic acids is 1. The predicted molar refractivity (Wildman–Crippen MR) is 142 cm³/mol. The summed E-state index contributed by atoms with van der Waals surface area (Å²) >= 11 is 0. The van der Waals surface area contributed by atoms with E-state index in [1.54, 1.807) is 0 Å². The van der Waals surface area contributed by atoms with Crippen LogP contribution in [0, 0.1) is 0 Å². The van der Waals surface area contributed by atoms with Crippen LogP contribution in [0.2, 0.25) is 0 Å². The molecular weight excluding hydrogens is 632 g/mol.